The van der Waals surface area contributed by atoms with Crippen molar-refractivity contribution in [2.24, 2.45) is 0 Å². The van der Waals surface area contributed by atoms with Gasteiger partial charge in [-0.3, -0.25) is 0 Å². The first-order valence-electron chi connectivity index (χ1n) is 1.22. The predicted octanol–water partition coefficient (Wildman–Crippen LogP) is -6.52. The Labute approximate surface area is 105 Å². The summed E-state index contributed by atoms with van der Waals surface area (Å²) in [6.45, 7) is 0. The zero-order valence-electron chi connectivity index (χ0n) is 4.86. The van der Waals surface area contributed by atoms with E-state index in [1.807, 2.05) is 0 Å². The molecule has 0 aliphatic heterocycles. The zero-order valence-corrected chi connectivity index (χ0v) is 13.4. The van der Waals surface area contributed by atoms with Gasteiger partial charge in [0.05, 0.1) is 0 Å². The fourth-order valence-corrected chi connectivity index (χ4v) is 0. The van der Waals surface area contributed by atoms with Crippen LogP contribution in [0.15, 0.2) is 0 Å². The third-order valence-corrected chi connectivity index (χ3v) is 0. The molecule has 0 bridgehead atoms. The van der Waals surface area contributed by atoms with E-state index in [1.165, 1.54) is 0 Å². The standard InChI is InChI=1S/2Mg.6O.2Sn/q2*+2;;;4*-1;;. The molecular weight excluding hydrogens is 382 g/mol. The first kappa shape index (κ1) is 22.9. The van der Waals surface area contributed by atoms with Gasteiger partial charge in [0.1, 0.15) is 0 Å². The molecule has 0 unspecified atom stereocenters. The molecule has 0 rings (SSSR count). The molecule has 0 radical (unpaired) electrons. The van der Waals surface area contributed by atoms with Crippen molar-refractivity contribution in [1.82, 2.24) is 0 Å². The summed E-state index contributed by atoms with van der Waals surface area (Å²) in [5.41, 5.74) is 0. The van der Waals surface area contributed by atoms with Crippen molar-refractivity contribution in [1.29, 1.82) is 0 Å². The van der Waals surface area contributed by atoms with Gasteiger partial charge in [-0.25, -0.2) is 0 Å². The van der Waals surface area contributed by atoms with E-state index in [4.69, 9.17) is 19.9 Å². The van der Waals surface area contributed by atoms with Crippen LogP contribution in [0.25, 0.3) is 0 Å². The van der Waals surface area contributed by atoms with Gasteiger partial charge in [-0.05, 0) is 0 Å². The SMILES string of the molecule is [Mg+2].[Mg+2].[O]=[Sn]([O-])[O-].[O]=[Sn]([O-])[O-]. The minimum absolute atomic E-state index is 0. The summed E-state index contributed by atoms with van der Waals surface area (Å²) in [5, 5.41) is 0. The maximum atomic E-state index is 8.61. The minimum atomic E-state index is -4.29. The number of rotatable bonds is 0. The van der Waals surface area contributed by atoms with E-state index >= 15 is 0 Å². The van der Waals surface area contributed by atoms with Gasteiger partial charge >= 0.3 is 107 Å². The molecule has 0 aliphatic carbocycles. The third kappa shape index (κ3) is 147. The van der Waals surface area contributed by atoms with Crippen molar-refractivity contribution < 1.29 is 19.9 Å². The Morgan fingerprint density at radius 3 is 0.700 bits per heavy atom. The average Bonchev–Trinajstić information content (AvgIpc) is 1.25. The molecule has 6 nitrogen and oxygen atoms in total. The van der Waals surface area contributed by atoms with Crippen LogP contribution < -0.4 is 13.8 Å². The Bertz CT molecular complexity index is 71.7. The van der Waals surface area contributed by atoms with E-state index in [-0.39, 0.29) is 46.1 Å². The van der Waals surface area contributed by atoms with Gasteiger partial charge in [-0.2, -0.15) is 0 Å². The van der Waals surface area contributed by atoms with Crippen molar-refractivity contribution in [2.75, 3.05) is 0 Å². The van der Waals surface area contributed by atoms with E-state index in [9.17, 15) is 0 Å². The van der Waals surface area contributed by atoms with Crippen LogP contribution in [-0.4, -0.2) is 87.3 Å². The van der Waals surface area contributed by atoms with E-state index < -0.39 is 41.1 Å². The first-order valence-corrected chi connectivity index (χ1v) is 8.22. The second-order valence-electron chi connectivity index (χ2n) is 0.500. The summed E-state index contributed by atoms with van der Waals surface area (Å²) < 4.78 is 51.7. The monoisotopic (exact) mass is 384 g/mol. The van der Waals surface area contributed by atoms with Crippen LogP contribution in [0, 0.1) is 0 Å². The average molecular weight is 382 g/mol. The molecule has 0 aliphatic rings. The van der Waals surface area contributed by atoms with Crippen molar-refractivity contribution in [3.8, 4) is 0 Å². The van der Waals surface area contributed by atoms with Crippen LogP contribution in [0.1, 0.15) is 0 Å². The van der Waals surface area contributed by atoms with Crippen molar-refractivity contribution in [2.45, 2.75) is 0 Å². The van der Waals surface area contributed by atoms with Gasteiger partial charge in [0, 0.05) is 0 Å². The van der Waals surface area contributed by atoms with Crippen LogP contribution in [-0.2, 0) is 6.15 Å². The molecule has 0 aromatic carbocycles. The van der Waals surface area contributed by atoms with Crippen molar-refractivity contribution in [3.05, 3.63) is 0 Å². The molecule has 0 saturated heterocycles. The topological polar surface area (TPSA) is 126 Å². The molecule has 0 heterocycles. The van der Waals surface area contributed by atoms with E-state index in [0.29, 0.717) is 0 Å². The van der Waals surface area contributed by atoms with Gasteiger partial charge in [0.15, 0.2) is 0 Å². The molecule has 10 heteroatoms. The fourth-order valence-electron chi connectivity index (χ4n) is 0. The summed E-state index contributed by atoms with van der Waals surface area (Å²) in [6, 6.07) is 0. The molecular formula is Mg2O6Sn2. The Kier molecular flexibility index (Phi) is 40.3. The summed E-state index contributed by atoms with van der Waals surface area (Å²) in [7, 11) is 0. The van der Waals surface area contributed by atoms with E-state index in [0.717, 1.165) is 0 Å². The number of hydrogen-bond acceptors (Lipinski definition) is 6. The van der Waals surface area contributed by atoms with Gasteiger partial charge < -0.3 is 0 Å². The molecule has 0 amide bonds. The van der Waals surface area contributed by atoms with Crippen LogP contribution in [0.5, 0.6) is 0 Å². The molecule has 10 heavy (non-hydrogen) atoms. The third-order valence-electron chi connectivity index (χ3n) is 0. The molecule has 0 aromatic heterocycles. The molecule has 0 N–H and O–H groups in total. The van der Waals surface area contributed by atoms with Gasteiger partial charge in [-0.15, -0.1) is 0 Å². The van der Waals surface area contributed by atoms with Crippen LogP contribution >= 0.6 is 0 Å². The molecule has 0 aromatic rings. The summed E-state index contributed by atoms with van der Waals surface area (Å²) in [5.74, 6) is 0. The first-order chi connectivity index (χ1) is 3.46. The predicted molar refractivity (Wildman–Crippen MR) is 24.4 cm³/mol. The quantitative estimate of drug-likeness (QED) is 0.384. The normalized spacial score (nSPS) is 5.20. The Morgan fingerprint density at radius 1 is 0.700 bits per heavy atom. The molecule has 0 atom stereocenters. The van der Waals surface area contributed by atoms with Crippen molar-refractivity contribution >= 4 is 87.3 Å². The summed E-state index contributed by atoms with van der Waals surface area (Å²) in [6.07, 6.45) is 0. The van der Waals surface area contributed by atoms with E-state index in [2.05, 4.69) is 0 Å². The van der Waals surface area contributed by atoms with Gasteiger partial charge in [0.2, 0.25) is 0 Å². The van der Waals surface area contributed by atoms with Gasteiger partial charge in [-0.1, -0.05) is 0 Å². The second kappa shape index (κ2) is 17.6. The van der Waals surface area contributed by atoms with Crippen LogP contribution in [0.2, 0.25) is 0 Å². The molecule has 0 spiro atoms. The fraction of sp³-hybridized carbons (Fsp3) is 0. The maximum absolute atomic E-state index is 8.61. The Hall–Kier alpha value is 2.57. The Balaban J connectivity index is -0.0000000300. The second-order valence-corrected chi connectivity index (χ2v) is 3.35. The molecule has 0 fully saturated rings. The van der Waals surface area contributed by atoms with E-state index in [1.54, 1.807) is 0 Å². The number of hydrogen-bond donors (Lipinski definition) is 0. The summed E-state index contributed by atoms with van der Waals surface area (Å²) in [4.78, 5) is 0. The molecule has 0 saturated carbocycles. The van der Waals surface area contributed by atoms with Gasteiger partial charge in [0.25, 0.3) is 0 Å². The van der Waals surface area contributed by atoms with Crippen LogP contribution in [0.3, 0.4) is 0 Å². The summed E-state index contributed by atoms with van der Waals surface area (Å²) >= 11 is -8.59. The van der Waals surface area contributed by atoms with Crippen LogP contribution in [0.4, 0.5) is 0 Å². The van der Waals surface area contributed by atoms with Crippen molar-refractivity contribution in [3.63, 3.8) is 0 Å². The molecule has 48 valence electrons. The Morgan fingerprint density at radius 2 is 0.700 bits per heavy atom. The zero-order chi connectivity index (χ0) is 7.15.